The lowest BCUT2D eigenvalue weighted by atomic mass is 10.4. The molecule has 1 rings (SSSR count). The van der Waals surface area contributed by atoms with Gasteiger partial charge in [0.1, 0.15) is 10.1 Å². The van der Waals surface area contributed by atoms with Crippen LogP contribution in [0, 0.1) is 0 Å². The molecule has 0 aromatic heterocycles. The minimum Gasteiger partial charge on any atom is -0.744 e. The Kier molecular flexibility index (Phi) is 2.63. The van der Waals surface area contributed by atoms with Gasteiger partial charge in [-0.15, -0.1) is 0 Å². The van der Waals surface area contributed by atoms with Gasteiger partial charge >= 0.3 is 0 Å². The van der Waals surface area contributed by atoms with Gasteiger partial charge in [-0.25, -0.2) is 8.42 Å². The molecule has 0 bridgehead atoms. The van der Waals surface area contributed by atoms with Gasteiger partial charge in [0.15, 0.2) is 0 Å². The molecule has 0 aliphatic heterocycles. The second kappa shape index (κ2) is 3.31. The van der Waals surface area contributed by atoms with Crippen LogP contribution < -0.4 is 0 Å². The molecule has 0 saturated heterocycles. The quantitative estimate of drug-likeness (QED) is 0.715. The Morgan fingerprint density at radius 2 is 1.57 bits per heavy atom. The van der Waals surface area contributed by atoms with Crippen molar-refractivity contribution in [3.8, 4) is 0 Å². The van der Waals surface area contributed by atoms with Crippen LogP contribution in [-0.2, 0) is 20.2 Å². The molecule has 1 aromatic carbocycles. The van der Waals surface area contributed by atoms with Gasteiger partial charge in [-0.1, -0.05) is 6.07 Å². The van der Waals surface area contributed by atoms with E-state index in [0.717, 1.165) is 18.2 Å². The van der Waals surface area contributed by atoms with Gasteiger partial charge in [0.2, 0.25) is 0 Å². The molecule has 0 aliphatic rings. The number of rotatable bonds is 2. The van der Waals surface area contributed by atoms with E-state index in [9.17, 15) is 21.4 Å². The molecule has 1 aromatic rings. The highest BCUT2D eigenvalue weighted by atomic mass is 32.2. The van der Waals surface area contributed by atoms with Crippen LogP contribution in [-0.4, -0.2) is 25.9 Å². The van der Waals surface area contributed by atoms with E-state index < -0.39 is 30.0 Å². The molecule has 0 atom stereocenters. The van der Waals surface area contributed by atoms with E-state index in [2.05, 4.69) is 0 Å². The van der Waals surface area contributed by atoms with E-state index in [1.54, 1.807) is 0 Å². The fourth-order valence-corrected chi connectivity index (χ4v) is 1.91. The van der Waals surface area contributed by atoms with E-state index in [0.29, 0.717) is 6.07 Å². The van der Waals surface area contributed by atoms with Crippen molar-refractivity contribution in [1.82, 2.24) is 0 Å². The molecular weight excluding hydrogens is 232 g/mol. The first kappa shape index (κ1) is 11.1. The average molecular weight is 237 g/mol. The maximum absolute atomic E-state index is 10.6. The first-order chi connectivity index (χ1) is 6.21. The molecule has 0 heterocycles. The summed E-state index contributed by atoms with van der Waals surface area (Å²) in [6.45, 7) is 0. The van der Waals surface area contributed by atoms with Gasteiger partial charge in [-0.2, -0.15) is 8.42 Å². The van der Waals surface area contributed by atoms with E-state index in [1.807, 2.05) is 0 Å². The molecule has 8 heteroatoms. The summed E-state index contributed by atoms with van der Waals surface area (Å²) >= 11 is 0. The van der Waals surface area contributed by atoms with Crippen molar-refractivity contribution in [2.75, 3.05) is 0 Å². The number of hydrogen-bond acceptors (Lipinski definition) is 5. The molecule has 0 fully saturated rings. The summed E-state index contributed by atoms with van der Waals surface area (Å²) in [7, 11) is -9.20. The minimum absolute atomic E-state index is 0.595. The Balaban J connectivity index is 3.44. The van der Waals surface area contributed by atoms with E-state index >= 15 is 0 Å². The van der Waals surface area contributed by atoms with Gasteiger partial charge in [0.05, 0.1) is 9.79 Å². The summed E-state index contributed by atoms with van der Waals surface area (Å²) in [4.78, 5) is -1.33. The van der Waals surface area contributed by atoms with Gasteiger partial charge < -0.3 is 4.55 Å². The summed E-state index contributed by atoms with van der Waals surface area (Å²) in [5, 5.41) is 0. The highest BCUT2D eigenvalue weighted by Gasteiger charge is 2.11. The lowest BCUT2D eigenvalue weighted by Crippen LogP contribution is -2.02. The average Bonchev–Trinajstić information content (AvgIpc) is 2.01. The summed E-state index contributed by atoms with van der Waals surface area (Å²) in [6, 6.07) is 3.56. The molecule has 14 heavy (non-hydrogen) atoms. The summed E-state index contributed by atoms with van der Waals surface area (Å²) in [6.07, 6.45) is 0. The van der Waals surface area contributed by atoms with Crippen molar-refractivity contribution >= 4 is 20.2 Å². The largest absolute Gasteiger partial charge is 0.744 e. The van der Waals surface area contributed by atoms with Gasteiger partial charge in [0, 0.05) is 0 Å². The van der Waals surface area contributed by atoms with Crippen LogP contribution in [0.2, 0.25) is 0 Å². The third-order valence-electron chi connectivity index (χ3n) is 1.39. The Labute approximate surface area is 80.7 Å². The smallest absolute Gasteiger partial charge is 0.294 e. The zero-order chi connectivity index (χ0) is 11.0. The molecule has 78 valence electrons. The van der Waals surface area contributed by atoms with E-state index in [-0.39, 0.29) is 0 Å². The van der Waals surface area contributed by atoms with Crippen molar-refractivity contribution < 1.29 is 25.9 Å². The highest BCUT2D eigenvalue weighted by molar-refractivity contribution is 7.86. The van der Waals surface area contributed by atoms with Crippen molar-refractivity contribution in [2.24, 2.45) is 0 Å². The van der Waals surface area contributed by atoms with Gasteiger partial charge in [0.25, 0.3) is 10.1 Å². The molecule has 0 amide bonds. The molecule has 6 nitrogen and oxygen atoms in total. The highest BCUT2D eigenvalue weighted by Crippen LogP contribution is 2.14. The summed E-state index contributed by atoms with van der Waals surface area (Å²) < 4.78 is 61.1. The SMILES string of the molecule is O=S(=O)([O-])c1cccc(S(=O)(=O)O)c1. The normalized spacial score (nSPS) is 12.7. The lowest BCUT2D eigenvalue weighted by molar-refractivity contribution is 0.462. The van der Waals surface area contributed by atoms with E-state index in [4.69, 9.17) is 4.55 Å². The topological polar surface area (TPSA) is 112 Å². The Morgan fingerprint density at radius 3 is 2.00 bits per heavy atom. The first-order valence-corrected chi connectivity index (χ1v) is 6.09. The molecule has 1 N–H and O–H groups in total. The first-order valence-electron chi connectivity index (χ1n) is 3.25. The van der Waals surface area contributed by atoms with Crippen LogP contribution in [0.4, 0.5) is 0 Å². The monoisotopic (exact) mass is 237 g/mol. The predicted octanol–water partition coefficient (Wildman–Crippen LogP) is -0.163. The fourth-order valence-electron chi connectivity index (χ4n) is 0.790. The van der Waals surface area contributed by atoms with Crippen LogP contribution in [0.25, 0.3) is 0 Å². The number of benzene rings is 1. The number of hydrogen-bond donors (Lipinski definition) is 1. The Morgan fingerprint density at radius 1 is 1.07 bits per heavy atom. The lowest BCUT2D eigenvalue weighted by Gasteiger charge is -2.07. The molecule has 0 aliphatic carbocycles. The maximum Gasteiger partial charge on any atom is 0.294 e. The van der Waals surface area contributed by atoms with Crippen LogP contribution in [0.3, 0.4) is 0 Å². The standard InChI is InChI=1S/C6H6O6S2/c7-13(8,9)5-2-1-3-6(4-5)14(10,11)12/h1-4H,(H,7,8,9)(H,10,11,12)/p-1. The van der Waals surface area contributed by atoms with Crippen molar-refractivity contribution in [3.63, 3.8) is 0 Å². The molecule has 0 radical (unpaired) electrons. The van der Waals surface area contributed by atoms with Gasteiger partial charge in [-0.05, 0) is 18.2 Å². The Bertz CT molecular complexity index is 494. The fraction of sp³-hybridized carbons (Fsp3) is 0. The van der Waals surface area contributed by atoms with Crippen molar-refractivity contribution in [3.05, 3.63) is 24.3 Å². The second-order valence-corrected chi connectivity index (χ2v) is 5.21. The molecule has 0 unspecified atom stereocenters. The second-order valence-electron chi connectivity index (χ2n) is 2.40. The van der Waals surface area contributed by atoms with E-state index in [1.165, 1.54) is 0 Å². The molecule has 0 saturated carbocycles. The third-order valence-corrected chi connectivity index (χ3v) is 3.07. The molecular formula is C6H5O6S2-. The van der Waals surface area contributed by atoms with Crippen molar-refractivity contribution in [2.45, 2.75) is 9.79 Å². The zero-order valence-electron chi connectivity index (χ0n) is 6.61. The summed E-state index contributed by atoms with van der Waals surface area (Å²) in [5.41, 5.74) is 0. The zero-order valence-corrected chi connectivity index (χ0v) is 8.25. The van der Waals surface area contributed by atoms with Crippen LogP contribution in [0.15, 0.2) is 34.1 Å². The maximum atomic E-state index is 10.6. The predicted molar refractivity (Wildman–Crippen MR) is 44.2 cm³/mol. The summed E-state index contributed by atoms with van der Waals surface area (Å²) in [5.74, 6) is 0. The third kappa shape index (κ3) is 2.51. The Hall–Kier alpha value is -0.960. The van der Waals surface area contributed by atoms with Crippen LogP contribution >= 0.6 is 0 Å². The van der Waals surface area contributed by atoms with Crippen LogP contribution in [0.5, 0.6) is 0 Å². The molecule has 0 spiro atoms. The van der Waals surface area contributed by atoms with Gasteiger partial charge in [-0.3, -0.25) is 4.55 Å². The van der Waals surface area contributed by atoms with Crippen LogP contribution in [0.1, 0.15) is 0 Å². The van der Waals surface area contributed by atoms with Crippen molar-refractivity contribution in [1.29, 1.82) is 0 Å². The minimum atomic E-state index is -4.71.